The highest BCUT2D eigenvalue weighted by atomic mass is 16.3. The smallest absolute Gasteiger partial charge is 0.0583 e. The lowest BCUT2D eigenvalue weighted by Gasteiger charge is -2.22. The standard InChI is InChI=1S/C11H16O/c1-3-5-10-6-7-11(12)8-9(10)4-2/h3-5,11-12H,1,6-8H2,2H3/b9-4-,10-5-. The van der Waals surface area contributed by atoms with Gasteiger partial charge in [-0.1, -0.05) is 24.8 Å². The van der Waals surface area contributed by atoms with Crippen molar-refractivity contribution in [3.8, 4) is 0 Å². The fourth-order valence-corrected chi connectivity index (χ4v) is 1.61. The van der Waals surface area contributed by atoms with E-state index in [1.54, 1.807) is 0 Å². The van der Waals surface area contributed by atoms with Crippen LogP contribution in [-0.2, 0) is 0 Å². The van der Waals surface area contributed by atoms with E-state index in [-0.39, 0.29) is 6.10 Å². The number of aliphatic hydroxyl groups excluding tert-OH is 1. The van der Waals surface area contributed by atoms with Crippen LogP contribution in [0.15, 0.2) is 36.0 Å². The summed E-state index contributed by atoms with van der Waals surface area (Å²) in [5.41, 5.74) is 2.60. The maximum atomic E-state index is 9.40. The highest BCUT2D eigenvalue weighted by molar-refractivity contribution is 5.35. The van der Waals surface area contributed by atoms with Crippen LogP contribution >= 0.6 is 0 Å². The van der Waals surface area contributed by atoms with Crippen molar-refractivity contribution >= 4 is 0 Å². The van der Waals surface area contributed by atoms with Crippen LogP contribution in [0.25, 0.3) is 0 Å². The van der Waals surface area contributed by atoms with Gasteiger partial charge < -0.3 is 5.11 Å². The summed E-state index contributed by atoms with van der Waals surface area (Å²) >= 11 is 0. The van der Waals surface area contributed by atoms with Gasteiger partial charge in [-0.15, -0.1) is 0 Å². The van der Waals surface area contributed by atoms with E-state index in [4.69, 9.17) is 0 Å². The maximum absolute atomic E-state index is 9.40. The summed E-state index contributed by atoms with van der Waals surface area (Å²) in [6, 6.07) is 0. The normalized spacial score (nSPS) is 31.0. The van der Waals surface area contributed by atoms with Crippen LogP contribution in [0.5, 0.6) is 0 Å². The van der Waals surface area contributed by atoms with Gasteiger partial charge >= 0.3 is 0 Å². The molecule has 0 aliphatic heterocycles. The molecule has 66 valence electrons. The Morgan fingerprint density at radius 3 is 2.83 bits per heavy atom. The lowest BCUT2D eigenvalue weighted by atomic mass is 9.87. The van der Waals surface area contributed by atoms with Gasteiger partial charge in [-0.05, 0) is 37.3 Å². The van der Waals surface area contributed by atoms with Gasteiger partial charge in [-0.25, -0.2) is 0 Å². The number of hydrogen-bond donors (Lipinski definition) is 1. The fourth-order valence-electron chi connectivity index (χ4n) is 1.61. The summed E-state index contributed by atoms with van der Waals surface area (Å²) < 4.78 is 0. The SMILES string of the molecule is C=C/C=C1/CCC(O)C/C1=C/C. The van der Waals surface area contributed by atoms with Crippen molar-refractivity contribution in [1.82, 2.24) is 0 Å². The zero-order chi connectivity index (χ0) is 8.97. The van der Waals surface area contributed by atoms with Crippen molar-refractivity contribution in [2.75, 3.05) is 0 Å². The first kappa shape index (κ1) is 9.27. The summed E-state index contributed by atoms with van der Waals surface area (Å²) in [6.45, 7) is 5.69. The van der Waals surface area contributed by atoms with E-state index in [1.807, 2.05) is 19.1 Å². The van der Waals surface area contributed by atoms with Crippen LogP contribution in [0.1, 0.15) is 26.2 Å². The molecule has 12 heavy (non-hydrogen) atoms. The molecule has 1 nitrogen and oxygen atoms in total. The predicted molar refractivity (Wildman–Crippen MR) is 51.9 cm³/mol. The molecule has 0 aromatic heterocycles. The molecule has 1 N–H and O–H groups in total. The molecular formula is C11H16O. The van der Waals surface area contributed by atoms with Crippen LogP contribution in [0.4, 0.5) is 0 Å². The van der Waals surface area contributed by atoms with E-state index in [9.17, 15) is 5.11 Å². The number of hydrogen-bond acceptors (Lipinski definition) is 1. The van der Waals surface area contributed by atoms with E-state index in [0.29, 0.717) is 0 Å². The van der Waals surface area contributed by atoms with Crippen molar-refractivity contribution in [1.29, 1.82) is 0 Å². The zero-order valence-corrected chi connectivity index (χ0v) is 7.59. The highest BCUT2D eigenvalue weighted by Crippen LogP contribution is 2.28. The zero-order valence-electron chi connectivity index (χ0n) is 7.59. The van der Waals surface area contributed by atoms with E-state index in [0.717, 1.165) is 19.3 Å². The van der Waals surface area contributed by atoms with E-state index in [1.165, 1.54) is 11.1 Å². The lowest BCUT2D eigenvalue weighted by Crippen LogP contribution is -2.14. The first-order valence-corrected chi connectivity index (χ1v) is 4.43. The van der Waals surface area contributed by atoms with E-state index in [2.05, 4.69) is 12.7 Å². The molecule has 0 radical (unpaired) electrons. The molecule has 1 fully saturated rings. The van der Waals surface area contributed by atoms with Gasteiger partial charge in [-0.2, -0.15) is 0 Å². The minimum absolute atomic E-state index is 0.141. The van der Waals surface area contributed by atoms with Gasteiger partial charge in [0.2, 0.25) is 0 Å². The first-order valence-electron chi connectivity index (χ1n) is 4.43. The molecule has 0 amide bonds. The molecule has 1 aliphatic carbocycles. The molecule has 0 saturated heterocycles. The van der Waals surface area contributed by atoms with Crippen molar-refractivity contribution < 1.29 is 5.11 Å². The minimum Gasteiger partial charge on any atom is -0.393 e. The van der Waals surface area contributed by atoms with Crippen LogP contribution < -0.4 is 0 Å². The highest BCUT2D eigenvalue weighted by Gasteiger charge is 2.16. The Kier molecular flexibility index (Phi) is 3.30. The summed E-state index contributed by atoms with van der Waals surface area (Å²) in [5, 5.41) is 9.40. The largest absolute Gasteiger partial charge is 0.393 e. The molecule has 1 atom stereocenters. The monoisotopic (exact) mass is 164 g/mol. The molecule has 0 bridgehead atoms. The Labute approximate surface area is 74.1 Å². The van der Waals surface area contributed by atoms with Gasteiger partial charge in [0.15, 0.2) is 0 Å². The van der Waals surface area contributed by atoms with Gasteiger partial charge in [0.25, 0.3) is 0 Å². The van der Waals surface area contributed by atoms with Gasteiger partial charge in [0, 0.05) is 0 Å². The molecule has 1 aliphatic rings. The lowest BCUT2D eigenvalue weighted by molar-refractivity contribution is 0.158. The Morgan fingerprint density at radius 1 is 1.50 bits per heavy atom. The van der Waals surface area contributed by atoms with Crippen molar-refractivity contribution in [2.24, 2.45) is 0 Å². The van der Waals surface area contributed by atoms with Crippen LogP contribution in [-0.4, -0.2) is 11.2 Å². The Balaban J connectivity index is 2.76. The molecule has 0 heterocycles. The Bertz CT molecular complexity index is 223. The number of rotatable bonds is 1. The molecule has 1 unspecified atom stereocenters. The molecule has 1 saturated carbocycles. The average molecular weight is 164 g/mol. The quantitative estimate of drug-likeness (QED) is 0.631. The third kappa shape index (κ3) is 2.08. The summed E-state index contributed by atoms with van der Waals surface area (Å²) in [7, 11) is 0. The molecule has 0 spiro atoms. The Hall–Kier alpha value is -0.820. The van der Waals surface area contributed by atoms with Crippen molar-refractivity contribution in [3.05, 3.63) is 36.0 Å². The average Bonchev–Trinajstić information content (AvgIpc) is 2.08. The van der Waals surface area contributed by atoms with Gasteiger partial charge in [0.05, 0.1) is 6.10 Å². The maximum Gasteiger partial charge on any atom is 0.0583 e. The van der Waals surface area contributed by atoms with Gasteiger partial charge in [-0.3, -0.25) is 0 Å². The van der Waals surface area contributed by atoms with E-state index < -0.39 is 0 Å². The summed E-state index contributed by atoms with van der Waals surface area (Å²) in [5.74, 6) is 0. The second-order valence-corrected chi connectivity index (χ2v) is 3.14. The second-order valence-electron chi connectivity index (χ2n) is 3.14. The van der Waals surface area contributed by atoms with E-state index >= 15 is 0 Å². The summed E-state index contributed by atoms with van der Waals surface area (Å²) in [6.07, 6.45) is 8.47. The Morgan fingerprint density at radius 2 is 2.25 bits per heavy atom. The minimum atomic E-state index is -0.141. The third-order valence-corrected chi connectivity index (χ3v) is 2.28. The molecular weight excluding hydrogens is 148 g/mol. The molecule has 1 rings (SSSR count). The third-order valence-electron chi connectivity index (χ3n) is 2.28. The summed E-state index contributed by atoms with van der Waals surface area (Å²) in [4.78, 5) is 0. The molecule has 0 aromatic carbocycles. The van der Waals surface area contributed by atoms with Crippen LogP contribution in [0.3, 0.4) is 0 Å². The molecule has 1 heteroatoms. The second kappa shape index (κ2) is 4.27. The van der Waals surface area contributed by atoms with Gasteiger partial charge in [0.1, 0.15) is 0 Å². The number of aliphatic hydroxyl groups is 1. The van der Waals surface area contributed by atoms with Crippen LogP contribution in [0, 0.1) is 0 Å². The topological polar surface area (TPSA) is 20.2 Å². The van der Waals surface area contributed by atoms with Crippen molar-refractivity contribution in [3.63, 3.8) is 0 Å². The predicted octanol–water partition coefficient (Wildman–Crippen LogP) is 2.59. The molecule has 0 aromatic rings. The fraction of sp³-hybridized carbons (Fsp3) is 0.455. The number of allylic oxidation sites excluding steroid dienone is 4. The first-order chi connectivity index (χ1) is 5.77. The van der Waals surface area contributed by atoms with Crippen molar-refractivity contribution in [2.45, 2.75) is 32.3 Å². The van der Waals surface area contributed by atoms with Crippen LogP contribution in [0.2, 0.25) is 0 Å².